The van der Waals surface area contributed by atoms with E-state index in [-0.39, 0.29) is 0 Å². The number of aryl methyl sites for hydroxylation is 1. The van der Waals surface area contributed by atoms with Gasteiger partial charge in [-0.15, -0.1) is 0 Å². The normalized spacial score (nSPS) is 10.4. The maximum absolute atomic E-state index is 8.96. The molecule has 0 aliphatic carbocycles. The fourth-order valence-electron chi connectivity index (χ4n) is 2.08. The molecule has 1 aromatic carbocycles. The summed E-state index contributed by atoms with van der Waals surface area (Å²) in [5.41, 5.74) is 4.56. The molecule has 0 fully saturated rings. The maximum Gasteiger partial charge on any atom is 0.140 e. The predicted octanol–water partition coefficient (Wildman–Crippen LogP) is 3.18. The zero-order valence-corrected chi connectivity index (χ0v) is 9.96. The van der Waals surface area contributed by atoms with Crippen LogP contribution in [0.4, 0.5) is 0 Å². The van der Waals surface area contributed by atoms with Crippen molar-refractivity contribution in [3.05, 3.63) is 59.9 Å². The monoisotopic (exact) mass is 233 g/mol. The van der Waals surface area contributed by atoms with Gasteiger partial charge in [0.2, 0.25) is 0 Å². The first kappa shape index (κ1) is 10.5. The third kappa shape index (κ3) is 1.64. The molecule has 2 heterocycles. The van der Waals surface area contributed by atoms with Crippen LogP contribution < -0.4 is 0 Å². The molecule has 0 N–H and O–H groups in total. The molecule has 0 atom stereocenters. The van der Waals surface area contributed by atoms with Crippen molar-refractivity contribution in [1.29, 1.82) is 5.26 Å². The summed E-state index contributed by atoms with van der Waals surface area (Å²) in [6.45, 7) is 1.97. The number of fused-ring (bicyclic) bond motifs is 1. The van der Waals surface area contributed by atoms with Crippen LogP contribution in [0.5, 0.6) is 0 Å². The summed E-state index contributed by atoms with van der Waals surface area (Å²) < 4.78 is 1.91. The number of rotatable bonds is 1. The molecule has 3 aromatic rings. The Hall–Kier alpha value is -2.60. The van der Waals surface area contributed by atoms with Crippen molar-refractivity contribution in [3.8, 4) is 17.3 Å². The maximum atomic E-state index is 8.96. The first-order valence-electron chi connectivity index (χ1n) is 5.73. The molecule has 86 valence electrons. The Morgan fingerprint density at radius 2 is 1.94 bits per heavy atom. The van der Waals surface area contributed by atoms with Crippen LogP contribution in [0, 0.1) is 18.3 Å². The largest absolute Gasteiger partial charge is 0.305 e. The molecular weight excluding hydrogens is 222 g/mol. The molecule has 0 radical (unpaired) electrons. The number of hydrogen-bond acceptors (Lipinski definition) is 2. The second kappa shape index (κ2) is 4.01. The van der Waals surface area contributed by atoms with E-state index in [4.69, 9.17) is 5.26 Å². The van der Waals surface area contributed by atoms with Crippen molar-refractivity contribution in [3.63, 3.8) is 0 Å². The van der Waals surface area contributed by atoms with Gasteiger partial charge in [0.1, 0.15) is 11.7 Å². The van der Waals surface area contributed by atoms with E-state index in [2.05, 4.69) is 11.1 Å². The van der Waals surface area contributed by atoms with E-state index in [1.165, 1.54) is 0 Å². The van der Waals surface area contributed by atoms with Crippen LogP contribution in [0.25, 0.3) is 16.9 Å². The van der Waals surface area contributed by atoms with E-state index >= 15 is 0 Å². The highest BCUT2D eigenvalue weighted by Gasteiger charge is 2.07. The van der Waals surface area contributed by atoms with E-state index in [0.717, 1.165) is 22.5 Å². The highest BCUT2D eigenvalue weighted by molar-refractivity contribution is 5.64. The van der Waals surface area contributed by atoms with Crippen LogP contribution in [-0.4, -0.2) is 9.38 Å². The lowest BCUT2D eigenvalue weighted by atomic mass is 10.2. The zero-order valence-electron chi connectivity index (χ0n) is 9.96. The summed E-state index contributed by atoms with van der Waals surface area (Å²) in [5, 5.41) is 8.96. The van der Waals surface area contributed by atoms with E-state index in [0.29, 0.717) is 5.56 Å². The predicted molar refractivity (Wildman–Crippen MR) is 70.1 cm³/mol. The third-order valence-corrected chi connectivity index (χ3v) is 2.93. The first-order valence-corrected chi connectivity index (χ1v) is 5.73. The van der Waals surface area contributed by atoms with Gasteiger partial charge in [0, 0.05) is 18.0 Å². The molecule has 18 heavy (non-hydrogen) atoms. The average Bonchev–Trinajstić information content (AvgIpc) is 2.84. The van der Waals surface area contributed by atoms with Crippen LogP contribution in [0.1, 0.15) is 11.1 Å². The molecule has 3 nitrogen and oxygen atoms in total. The Bertz CT molecular complexity index is 748. The van der Waals surface area contributed by atoms with E-state index in [1.807, 2.05) is 60.1 Å². The minimum absolute atomic E-state index is 0.650. The lowest BCUT2D eigenvalue weighted by Gasteiger charge is -1.97. The van der Waals surface area contributed by atoms with Gasteiger partial charge in [-0.2, -0.15) is 5.26 Å². The van der Waals surface area contributed by atoms with Gasteiger partial charge in [0.25, 0.3) is 0 Å². The summed E-state index contributed by atoms with van der Waals surface area (Å²) in [6.07, 6.45) is 3.76. The molecule has 0 amide bonds. The Kier molecular flexibility index (Phi) is 2.35. The zero-order chi connectivity index (χ0) is 12.5. The smallest absolute Gasteiger partial charge is 0.140 e. The van der Waals surface area contributed by atoms with Crippen LogP contribution in [-0.2, 0) is 0 Å². The number of hydrogen-bond donors (Lipinski definition) is 0. The number of benzene rings is 1. The van der Waals surface area contributed by atoms with Crippen LogP contribution >= 0.6 is 0 Å². The van der Waals surface area contributed by atoms with Crippen molar-refractivity contribution in [2.24, 2.45) is 0 Å². The van der Waals surface area contributed by atoms with Gasteiger partial charge in [-0.1, -0.05) is 30.3 Å². The lowest BCUT2D eigenvalue weighted by molar-refractivity contribution is 1.15. The molecule has 3 heteroatoms. The Morgan fingerprint density at radius 1 is 1.17 bits per heavy atom. The second-order valence-corrected chi connectivity index (χ2v) is 4.25. The fourth-order valence-corrected chi connectivity index (χ4v) is 2.08. The summed E-state index contributed by atoms with van der Waals surface area (Å²) in [5.74, 6) is 0. The van der Waals surface area contributed by atoms with Crippen molar-refractivity contribution >= 4 is 5.65 Å². The summed E-state index contributed by atoms with van der Waals surface area (Å²) in [6, 6.07) is 14.0. The molecule has 0 unspecified atom stereocenters. The Balaban J connectivity index is 2.24. The molecule has 0 saturated carbocycles. The lowest BCUT2D eigenvalue weighted by Crippen LogP contribution is -1.88. The van der Waals surface area contributed by atoms with Gasteiger partial charge in [0.15, 0.2) is 0 Å². The van der Waals surface area contributed by atoms with Gasteiger partial charge < -0.3 is 4.40 Å². The third-order valence-electron chi connectivity index (χ3n) is 2.93. The fraction of sp³-hybridized carbons (Fsp3) is 0.0667. The molecule has 0 aliphatic heterocycles. The minimum atomic E-state index is 0.650. The van der Waals surface area contributed by atoms with Gasteiger partial charge >= 0.3 is 0 Å². The topological polar surface area (TPSA) is 41.1 Å². The van der Waals surface area contributed by atoms with E-state index in [1.54, 1.807) is 0 Å². The Labute approximate surface area is 105 Å². The standard InChI is InChI=1S/C15H11N3/c1-11-7-12(8-16)9-18-10-14(17-15(11)18)13-5-3-2-4-6-13/h2-7,9-10H,1H3. The average molecular weight is 233 g/mol. The van der Waals surface area contributed by atoms with Gasteiger partial charge in [-0.3, -0.25) is 0 Å². The Morgan fingerprint density at radius 3 is 2.67 bits per heavy atom. The van der Waals surface area contributed by atoms with Crippen molar-refractivity contribution in [1.82, 2.24) is 9.38 Å². The number of imidazole rings is 1. The molecule has 0 spiro atoms. The van der Waals surface area contributed by atoms with Crippen LogP contribution in [0.3, 0.4) is 0 Å². The summed E-state index contributed by atoms with van der Waals surface area (Å²) >= 11 is 0. The number of aromatic nitrogens is 2. The van der Waals surface area contributed by atoms with Crippen LogP contribution in [0.15, 0.2) is 48.8 Å². The first-order chi connectivity index (χ1) is 8.78. The molecule has 0 saturated heterocycles. The van der Waals surface area contributed by atoms with Gasteiger partial charge in [-0.25, -0.2) is 4.98 Å². The number of nitriles is 1. The van der Waals surface area contributed by atoms with Crippen LogP contribution in [0.2, 0.25) is 0 Å². The minimum Gasteiger partial charge on any atom is -0.305 e. The van der Waals surface area contributed by atoms with Gasteiger partial charge in [-0.05, 0) is 18.6 Å². The summed E-state index contributed by atoms with van der Waals surface area (Å²) in [4.78, 5) is 4.61. The van der Waals surface area contributed by atoms with Crippen molar-refractivity contribution in [2.75, 3.05) is 0 Å². The molecule has 2 aromatic heterocycles. The van der Waals surface area contributed by atoms with Crippen molar-refractivity contribution < 1.29 is 0 Å². The highest BCUT2D eigenvalue weighted by Crippen LogP contribution is 2.20. The van der Waals surface area contributed by atoms with E-state index in [9.17, 15) is 0 Å². The molecule has 3 rings (SSSR count). The number of nitrogens with zero attached hydrogens (tertiary/aromatic N) is 3. The van der Waals surface area contributed by atoms with Gasteiger partial charge in [0.05, 0.1) is 11.3 Å². The second-order valence-electron chi connectivity index (χ2n) is 4.25. The summed E-state index contributed by atoms with van der Waals surface area (Å²) in [7, 11) is 0. The quantitative estimate of drug-likeness (QED) is 0.647. The highest BCUT2D eigenvalue weighted by atomic mass is 15.0. The van der Waals surface area contributed by atoms with E-state index < -0.39 is 0 Å². The number of pyridine rings is 1. The molecule has 0 aliphatic rings. The SMILES string of the molecule is Cc1cc(C#N)cn2cc(-c3ccccc3)nc12. The van der Waals surface area contributed by atoms with Crippen molar-refractivity contribution in [2.45, 2.75) is 6.92 Å². The molecule has 0 bridgehead atoms. The molecular formula is C15H11N3.